The van der Waals surface area contributed by atoms with Crippen molar-refractivity contribution in [1.29, 1.82) is 0 Å². The largest absolute Gasteiger partial charge is 0.355 e. The van der Waals surface area contributed by atoms with E-state index in [4.69, 9.17) is 4.99 Å². The third-order valence-electron chi connectivity index (χ3n) is 3.64. The second kappa shape index (κ2) is 11.3. The van der Waals surface area contributed by atoms with E-state index in [9.17, 15) is 0 Å². The summed E-state index contributed by atoms with van der Waals surface area (Å²) < 4.78 is 2.07. The van der Waals surface area contributed by atoms with Gasteiger partial charge in [-0.05, 0) is 22.9 Å². The van der Waals surface area contributed by atoms with Crippen molar-refractivity contribution < 1.29 is 0 Å². The molecule has 0 spiro atoms. The van der Waals surface area contributed by atoms with Crippen LogP contribution in [0.25, 0.3) is 0 Å². The van der Waals surface area contributed by atoms with Crippen LogP contribution < -0.4 is 10.6 Å². The van der Waals surface area contributed by atoms with Gasteiger partial charge >= 0.3 is 0 Å². The average Bonchev–Trinajstić information content (AvgIpc) is 3.39. The number of aliphatic imine (C=N–C) groups is 1. The van der Waals surface area contributed by atoms with Crippen molar-refractivity contribution in [1.82, 2.24) is 25.4 Å². The minimum absolute atomic E-state index is 0. The lowest BCUT2D eigenvalue weighted by Gasteiger charge is -2.13. The maximum absolute atomic E-state index is 4.70. The summed E-state index contributed by atoms with van der Waals surface area (Å²) >= 11 is 3.47. The summed E-state index contributed by atoms with van der Waals surface area (Å²) in [5.41, 5.74) is 0. The Morgan fingerprint density at radius 1 is 1.15 bits per heavy atom. The zero-order valence-corrected chi connectivity index (χ0v) is 18.6. The number of hydrogen-bond donors (Lipinski definition) is 2. The second-order valence-electron chi connectivity index (χ2n) is 5.40. The first-order valence-electron chi connectivity index (χ1n) is 8.28. The van der Waals surface area contributed by atoms with Gasteiger partial charge in [0.15, 0.2) is 5.96 Å². The molecule has 0 aliphatic rings. The minimum atomic E-state index is 0. The van der Waals surface area contributed by atoms with E-state index in [1.807, 2.05) is 0 Å². The summed E-state index contributed by atoms with van der Waals surface area (Å²) in [5.74, 6) is 1.83. The predicted octanol–water partition coefficient (Wildman–Crippen LogP) is 3.52. The quantitative estimate of drug-likeness (QED) is 0.281. The van der Waals surface area contributed by atoms with Crippen LogP contribution in [0.15, 0.2) is 46.3 Å². The lowest BCUT2D eigenvalue weighted by atomic mass is 10.4. The Morgan fingerprint density at radius 2 is 1.92 bits per heavy atom. The van der Waals surface area contributed by atoms with Crippen LogP contribution in [0.5, 0.6) is 0 Å². The number of guanidine groups is 1. The highest BCUT2D eigenvalue weighted by Crippen LogP contribution is 2.10. The van der Waals surface area contributed by atoms with E-state index in [0.717, 1.165) is 37.8 Å². The van der Waals surface area contributed by atoms with Crippen LogP contribution in [-0.4, -0.2) is 27.3 Å². The maximum atomic E-state index is 4.70. The molecule has 0 bridgehead atoms. The Bertz CT molecular complexity index is 767. The molecule has 26 heavy (non-hydrogen) atoms. The smallest absolute Gasteiger partial charge is 0.191 e. The first-order chi connectivity index (χ1) is 12.3. The molecule has 2 N–H and O–H groups in total. The van der Waals surface area contributed by atoms with Gasteiger partial charge in [-0.2, -0.15) is 0 Å². The second-order valence-corrected chi connectivity index (χ2v) is 7.46. The fraction of sp³-hybridized carbons (Fsp3) is 0.353. The average molecular weight is 502 g/mol. The summed E-state index contributed by atoms with van der Waals surface area (Å²) in [4.78, 5) is 7.24. The summed E-state index contributed by atoms with van der Waals surface area (Å²) in [7, 11) is 0. The highest BCUT2D eigenvalue weighted by atomic mass is 127. The molecule has 3 aromatic rings. The van der Waals surface area contributed by atoms with Gasteiger partial charge < -0.3 is 15.2 Å². The number of nitrogens with zero attached hydrogens (tertiary/aromatic N) is 4. The van der Waals surface area contributed by atoms with Crippen LogP contribution in [0.2, 0.25) is 0 Å². The van der Waals surface area contributed by atoms with Crippen LogP contribution in [0, 0.1) is 0 Å². The van der Waals surface area contributed by atoms with Gasteiger partial charge in [0, 0.05) is 29.3 Å². The van der Waals surface area contributed by atoms with E-state index >= 15 is 0 Å². The first kappa shape index (κ1) is 20.8. The van der Waals surface area contributed by atoms with E-state index in [1.54, 1.807) is 29.0 Å². The van der Waals surface area contributed by atoms with Gasteiger partial charge in [0.2, 0.25) is 0 Å². The summed E-state index contributed by atoms with van der Waals surface area (Å²) in [6.07, 6.45) is 2.66. The number of aryl methyl sites for hydroxylation is 1. The summed E-state index contributed by atoms with van der Waals surface area (Å²) in [6.45, 7) is 5.14. The monoisotopic (exact) mass is 502 g/mol. The third kappa shape index (κ3) is 6.36. The molecule has 3 rings (SSSR count). The lowest BCUT2D eigenvalue weighted by Crippen LogP contribution is -2.38. The Hall–Kier alpha value is -1.46. The Labute approximate surface area is 178 Å². The van der Waals surface area contributed by atoms with E-state index in [0.29, 0.717) is 6.54 Å². The fourth-order valence-electron chi connectivity index (χ4n) is 2.35. The van der Waals surface area contributed by atoms with Gasteiger partial charge in [-0.3, -0.25) is 0 Å². The van der Waals surface area contributed by atoms with Crippen molar-refractivity contribution in [2.24, 2.45) is 4.99 Å². The van der Waals surface area contributed by atoms with E-state index < -0.39 is 0 Å². The first-order valence-corrected chi connectivity index (χ1v) is 10.0. The zero-order chi connectivity index (χ0) is 17.3. The molecule has 0 saturated carbocycles. The van der Waals surface area contributed by atoms with Gasteiger partial charge in [0.05, 0.1) is 13.1 Å². The van der Waals surface area contributed by atoms with Gasteiger partial charge in [0.25, 0.3) is 0 Å². The van der Waals surface area contributed by atoms with Crippen molar-refractivity contribution in [3.8, 4) is 0 Å². The number of thiophene rings is 2. The Morgan fingerprint density at radius 3 is 2.62 bits per heavy atom. The van der Waals surface area contributed by atoms with E-state index in [1.165, 1.54) is 9.75 Å². The van der Waals surface area contributed by atoms with Crippen LogP contribution in [0.1, 0.15) is 22.5 Å². The maximum Gasteiger partial charge on any atom is 0.191 e. The molecule has 6 nitrogen and oxygen atoms in total. The Balaban J connectivity index is 0.00000243. The number of nitrogens with one attached hydrogen (secondary N) is 2. The standard InChI is InChI=1S/C17H22N6S2.HI/c1-2-16-22-21-13-23(16)8-7-18-17(19-11-14-5-3-9-24-14)20-12-15-6-4-10-25-15;/h3-6,9-10,13H,2,7-8,11-12H2,1H3,(H2,18,19,20);1H. The predicted molar refractivity (Wildman–Crippen MR) is 119 cm³/mol. The molecule has 3 heterocycles. The molecule has 0 fully saturated rings. The number of hydrogen-bond acceptors (Lipinski definition) is 5. The van der Waals surface area contributed by atoms with Crippen molar-refractivity contribution in [2.75, 3.05) is 6.54 Å². The molecule has 9 heteroatoms. The Kier molecular flexibility index (Phi) is 9.06. The van der Waals surface area contributed by atoms with Crippen molar-refractivity contribution in [2.45, 2.75) is 33.0 Å². The third-order valence-corrected chi connectivity index (χ3v) is 5.38. The molecular formula is C17H23IN6S2. The highest BCUT2D eigenvalue weighted by Gasteiger charge is 2.04. The van der Waals surface area contributed by atoms with Gasteiger partial charge in [0.1, 0.15) is 12.2 Å². The molecule has 0 aromatic carbocycles. The molecule has 0 aliphatic heterocycles. The van der Waals surface area contributed by atoms with E-state index in [-0.39, 0.29) is 24.0 Å². The van der Waals surface area contributed by atoms with Crippen LogP contribution >= 0.6 is 46.7 Å². The van der Waals surface area contributed by atoms with Gasteiger partial charge in [-0.1, -0.05) is 19.1 Å². The van der Waals surface area contributed by atoms with Gasteiger partial charge in [-0.15, -0.1) is 56.8 Å². The van der Waals surface area contributed by atoms with Gasteiger partial charge in [-0.25, -0.2) is 4.99 Å². The van der Waals surface area contributed by atoms with Crippen LogP contribution in [-0.2, 0) is 26.1 Å². The van der Waals surface area contributed by atoms with Crippen LogP contribution in [0.3, 0.4) is 0 Å². The lowest BCUT2D eigenvalue weighted by molar-refractivity contribution is 0.631. The zero-order valence-electron chi connectivity index (χ0n) is 14.6. The van der Waals surface area contributed by atoms with Crippen molar-refractivity contribution in [3.63, 3.8) is 0 Å². The number of aromatic nitrogens is 3. The number of rotatable bonds is 8. The highest BCUT2D eigenvalue weighted by molar-refractivity contribution is 14.0. The molecule has 0 amide bonds. The summed E-state index contributed by atoms with van der Waals surface area (Å²) in [6, 6.07) is 8.35. The van der Waals surface area contributed by atoms with Crippen LogP contribution in [0.4, 0.5) is 0 Å². The van der Waals surface area contributed by atoms with Crippen molar-refractivity contribution >= 4 is 52.6 Å². The molecular weight excluding hydrogens is 479 g/mol. The molecule has 0 aliphatic carbocycles. The molecule has 0 radical (unpaired) electrons. The van der Waals surface area contributed by atoms with Crippen molar-refractivity contribution in [3.05, 3.63) is 56.9 Å². The summed E-state index contributed by atoms with van der Waals surface area (Å²) in [5, 5.41) is 19.1. The normalized spacial score (nSPS) is 11.2. The molecule has 0 atom stereocenters. The molecule has 0 unspecified atom stereocenters. The molecule has 140 valence electrons. The number of halogens is 1. The SMILES string of the molecule is CCc1nncn1CCNC(=NCc1cccs1)NCc1cccs1.I. The molecule has 3 aromatic heterocycles. The fourth-order valence-corrected chi connectivity index (χ4v) is 3.62. The topological polar surface area (TPSA) is 67.1 Å². The minimum Gasteiger partial charge on any atom is -0.355 e. The molecule has 0 saturated heterocycles. The van der Waals surface area contributed by atoms with E-state index in [2.05, 4.69) is 67.3 Å².